The number of halogens is 2. The number of rotatable bonds is 5. The first-order valence-electron chi connectivity index (χ1n) is 8.56. The molecule has 1 aliphatic rings. The van der Waals surface area contributed by atoms with E-state index in [2.05, 4.69) is 15.3 Å². The van der Waals surface area contributed by atoms with Gasteiger partial charge in [0.2, 0.25) is 5.88 Å². The first-order chi connectivity index (χ1) is 13.5. The van der Waals surface area contributed by atoms with Gasteiger partial charge in [0, 0.05) is 37.1 Å². The van der Waals surface area contributed by atoms with Gasteiger partial charge in [-0.25, -0.2) is 13.6 Å². The van der Waals surface area contributed by atoms with Crippen molar-refractivity contribution in [2.45, 2.75) is 20.1 Å². The van der Waals surface area contributed by atoms with Crippen molar-refractivity contribution < 1.29 is 18.3 Å². The van der Waals surface area contributed by atoms with Crippen LogP contribution < -0.4 is 20.5 Å². The van der Waals surface area contributed by atoms with Crippen LogP contribution in [0.2, 0.25) is 0 Å². The third-order valence-electron chi connectivity index (χ3n) is 4.16. The standard InChI is InChI=1S/C19H16F2N4O3/c1-11-6-13(2-3-22-11)28-18-14(20)7-12(8-15(18)21)10-27-17-9-16-23-4-5-25(16)19(26)24-17/h2-3,6-9,23H,4-5,10H2,1H3. The van der Waals surface area contributed by atoms with Crippen LogP contribution in [-0.2, 0) is 13.2 Å². The highest BCUT2D eigenvalue weighted by Crippen LogP contribution is 2.29. The normalized spacial score (nSPS) is 12.4. The van der Waals surface area contributed by atoms with Crippen LogP contribution in [0, 0.1) is 18.6 Å². The molecular formula is C19H16F2N4O3. The van der Waals surface area contributed by atoms with Crippen LogP contribution >= 0.6 is 0 Å². The molecule has 0 atom stereocenters. The van der Waals surface area contributed by atoms with E-state index in [1.54, 1.807) is 19.1 Å². The van der Waals surface area contributed by atoms with E-state index < -0.39 is 23.1 Å². The molecule has 0 saturated heterocycles. The molecule has 3 heterocycles. The summed E-state index contributed by atoms with van der Waals surface area (Å²) < 4.78 is 40.9. The second kappa shape index (κ2) is 7.26. The Hall–Kier alpha value is -3.49. The van der Waals surface area contributed by atoms with Gasteiger partial charge >= 0.3 is 5.69 Å². The smallest absolute Gasteiger partial charge is 0.352 e. The predicted molar refractivity (Wildman–Crippen MR) is 96.7 cm³/mol. The third-order valence-corrected chi connectivity index (χ3v) is 4.16. The van der Waals surface area contributed by atoms with E-state index >= 15 is 0 Å². The van der Waals surface area contributed by atoms with E-state index in [0.717, 1.165) is 12.1 Å². The lowest BCUT2D eigenvalue weighted by Gasteiger charge is -2.11. The van der Waals surface area contributed by atoms with Gasteiger partial charge in [0.1, 0.15) is 18.2 Å². The van der Waals surface area contributed by atoms with Crippen LogP contribution in [0.1, 0.15) is 11.3 Å². The molecule has 3 aromatic rings. The highest BCUT2D eigenvalue weighted by molar-refractivity contribution is 5.41. The van der Waals surface area contributed by atoms with Crippen molar-refractivity contribution >= 4 is 5.82 Å². The van der Waals surface area contributed by atoms with Gasteiger partial charge in [0.25, 0.3) is 0 Å². The molecule has 1 N–H and O–H groups in total. The zero-order valence-corrected chi connectivity index (χ0v) is 14.9. The first kappa shape index (κ1) is 17.9. The molecule has 0 bridgehead atoms. The number of benzene rings is 1. The third kappa shape index (κ3) is 3.64. The Kier molecular flexibility index (Phi) is 4.64. The van der Waals surface area contributed by atoms with Crippen molar-refractivity contribution in [3.8, 4) is 17.4 Å². The van der Waals surface area contributed by atoms with Crippen LogP contribution in [0.3, 0.4) is 0 Å². The van der Waals surface area contributed by atoms with Gasteiger partial charge in [-0.15, -0.1) is 0 Å². The summed E-state index contributed by atoms with van der Waals surface area (Å²) in [6, 6.07) is 6.89. The fraction of sp³-hybridized carbons (Fsp3) is 0.211. The van der Waals surface area contributed by atoms with Gasteiger partial charge in [-0.3, -0.25) is 9.55 Å². The maximum absolute atomic E-state index is 14.4. The summed E-state index contributed by atoms with van der Waals surface area (Å²) in [5, 5.41) is 3.03. The lowest BCUT2D eigenvalue weighted by Crippen LogP contribution is -2.21. The summed E-state index contributed by atoms with van der Waals surface area (Å²) >= 11 is 0. The summed E-state index contributed by atoms with van der Waals surface area (Å²) in [5.41, 5.74) is 0.463. The number of hydrogen-bond donors (Lipinski definition) is 1. The van der Waals surface area contributed by atoms with E-state index in [9.17, 15) is 13.6 Å². The summed E-state index contributed by atoms with van der Waals surface area (Å²) in [6.07, 6.45) is 1.49. The minimum absolute atomic E-state index is 0.0825. The summed E-state index contributed by atoms with van der Waals surface area (Å²) in [6.45, 7) is 2.76. The van der Waals surface area contributed by atoms with Gasteiger partial charge in [0.05, 0.1) is 0 Å². The molecule has 0 radical (unpaired) electrons. The molecule has 0 amide bonds. The molecule has 0 aliphatic carbocycles. The quantitative estimate of drug-likeness (QED) is 0.726. The van der Waals surface area contributed by atoms with Crippen molar-refractivity contribution in [1.29, 1.82) is 0 Å². The van der Waals surface area contributed by atoms with E-state index in [0.29, 0.717) is 24.6 Å². The van der Waals surface area contributed by atoms with Crippen molar-refractivity contribution in [2.75, 3.05) is 11.9 Å². The molecule has 144 valence electrons. The van der Waals surface area contributed by atoms with Crippen molar-refractivity contribution in [3.63, 3.8) is 0 Å². The van der Waals surface area contributed by atoms with Gasteiger partial charge in [-0.1, -0.05) is 0 Å². The largest absolute Gasteiger partial charge is 0.473 e. The molecule has 28 heavy (non-hydrogen) atoms. The van der Waals surface area contributed by atoms with Gasteiger partial charge in [0.15, 0.2) is 17.4 Å². The fourth-order valence-electron chi connectivity index (χ4n) is 2.87. The average Bonchev–Trinajstić information content (AvgIpc) is 3.12. The van der Waals surface area contributed by atoms with Gasteiger partial charge in [-0.05, 0) is 30.7 Å². The number of fused-ring (bicyclic) bond motifs is 1. The van der Waals surface area contributed by atoms with Crippen LogP contribution in [0.15, 0.2) is 41.3 Å². The first-order valence-corrected chi connectivity index (χ1v) is 8.56. The lowest BCUT2D eigenvalue weighted by atomic mass is 10.2. The minimum Gasteiger partial charge on any atom is -0.473 e. The van der Waals surface area contributed by atoms with E-state index in [1.165, 1.54) is 16.8 Å². The second-order valence-electron chi connectivity index (χ2n) is 6.25. The number of anilines is 1. The Labute approximate surface area is 158 Å². The number of nitrogens with zero attached hydrogens (tertiary/aromatic N) is 3. The Morgan fingerprint density at radius 2 is 2.00 bits per heavy atom. The Morgan fingerprint density at radius 3 is 2.75 bits per heavy atom. The Bertz CT molecular complexity index is 1080. The molecule has 0 unspecified atom stereocenters. The fourth-order valence-corrected chi connectivity index (χ4v) is 2.87. The molecule has 0 spiro atoms. The van der Waals surface area contributed by atoms with E-state index in [4.69, 9.17) is 9.47 Å². The SMILES string of the molecule is Cc1cc(Oc2c(F)cc(COc3cc4n(c(=O)n3)CCN4)cc2F)ccn1. The predicted octanol–water partition coefficient (Wildman–Crippen LogP) is 3.02. The number of nitrogens with one attached hydrogen (secondary N) is 1. The van der Waals surface area contributed by atoms with E-state index in [1.807, 2.05) is 0 Å². The van der Waals surface area contributed by atoms with Crippen LogP contribution in [-0.4, -0.2) is 21.1 Å². The molecule has 1 aliphatic heterocycles. The second-order valence-corrected chi connectivity index (χ2v) is 6.25. The zero-order valence-electron chi connectivity index (χ0n) is 14.9. The maximum atomic E-state index is 14.4. The topological polar surface area (TPSA) is 78.3 Å². The minimum atomic E-state index is -0.864. The number of pyridine rings is 1. The molecule has 9 heteroatoms. The highest BCUT2D eigenvalue weighted by Gasteiger charge is 2.16. The van der Waals surface area contributed by atoms with Crippen LogP contribution in [0.5, 0.6) is 17.4 Å². The number of hydrogen-bond acceptors (Lipinski definition) is 6. The van der Waals surface area contributed by atoms with Crippen molar-refractivity contribution in [2.24, 2.45) is 0 Å². The molecule has 7 nitrogen and oxygen atoms in total. The Morgan fingerprint density at radius 1 is 1.21 bits per heavy atom. The maximum Gasteiger partial charge on any atom is 0.352 e. The van der Waals surface area contributed by atoms with Crippen LogP contribution in [0.4, 0.5) is 14.6 Å². The molecule has 2 aromatic heterocycles. The van der Waals surface area contributed by atoms with Gasteiger partial charge in [-0.2, -0.15) is 4.98 Å². The monoisotopic (exact) mass is 386 g/mol. The average molecular weight is 386 g/mol. The van der Waals surface area contributed by atoms with Gasteiger partial charge < -0.3 is 14.8 Å². The molecular weight excluding hydrogens is 370 g/mol. The zero-order chi connectivity index (χ0) is 19.7. The number of aryl methyl sites for hydroxylation is 1. The summed E-state index contributed by atoms with van der Waals surface area (Å²) in [7, 11) is 0. The molecule has 0 saturated carbocycles. The summed E-state index contributed by atoms with van der Waals surface area (Å²) in [5.74, 6) is -1.27. The number of ether oxygens (including phenoxy) is 2. The van der Waals surface area contributed by atoms with Crippen LogP contribution in [0.25, 0.3) is 0 Å². The molecule has 1 aromatic carbocycles. The molecule has 4 rings (SSSR count). The van der Waals surface area contributed by atoms with E-state index in [-0.39, 0.29) is 23.8 Å². The van der Waals surface area contributed by atoms with Crippen molar-refractivity contribution in [1.82, 2.24) is 14.5 Å². The number of aromatic nitrogens is 3. The lowest BCUT2D eigenvalue weighted by molar-refractivity contribution is 0.289. The van der Waals surface area contributed by atoms with Crippen molar-refractivity contribution in [3.05, 3.63) is 69.9 Å². The summed E-state index contributed by atoms with van der Waals surface area (Å²) in [4.78, 5) is 19.7. The Balaban J connectivity index is 1.50. The highest BCUT2D eigenvalue weighted by atomic mass is 19.1. The molecule has 0 fully saturated rings.